The number of amides is 1. The predicted octanol–water partition coefficient (Wildman–Crippen LogP) is 2.35. The quantitative estimate of drug-likeness (QED) is 0.764. The molecule has 1 N–H and O–H groups in total. The molecule has 1 unspecified atom stereocenters. The van der Waals surface area contributed by atoms with Crippen molar-refractivity contribution >= 4 is 32.3 Å². The lowest BCUT2D eigenvalue weighted by molar-refractivity contribution is 0.102. The van der Waals surface area contributed by atoms with Crippen LogP contribution in [-0.2, 0) is 9.84 Å². The first-order valence-corrected chi connectivity index (χ1v) is 10.2. The molecule has 0 bridgehead atoms. The molecule has 8 heteroatoms. The van der Waals surface area contributed by atoms with Gasteiger partial charge in [0.15, 0.2) is 15.5 Å². The van der Waals surface area contributed by atoms with Gasteiger partial charge in [-0.2, -0.15) is 5.10 Å². The third-order valence-corrected chi connectivity index (χ3v) is 6.34. The topological polar surface area (TPSA) is 93.9 Å². The fourth-order valence-electron chi connectivity index (χ4n) is 3.33. The van der Waals surface area contributed by atoms with Crippen molar-refractivity contribution in [1.29, 1.82) is 0 Å². The minimum atomic E-state index is -3.01. The van der Waals surface area contributed by atoms with E-state index in [2.05, 4.69) is 15.4 Å². The van der Waals surface area contributed by atoms with Crippen LogP contribution in [0.15, 0.2) is 42.6 Å². The fraction of sp³-hybridized carbons (Fsp3) is 0.278. The molecule has 0 radical (unpaired) electrons. The van der Waals surface area contributed by atoms with Crippen molar-refractivity contribution < 1.29 is 13.2 Å². The number of para-hydroxylation sites is 1. The molecule has 2 aromatic heterocycles. The van der Waals surface area contributed by atoms with Crippen LogP contribution in [0.1, 0.15) is 28.6 Å². The third-order valence-electron chi connectivity index (χ3n) is 4.59. The maximum Gasteiger partial charge on any atom is 0.276 e. The van der Waals surface area contributed by atoms with Crippen LogP contribution < -0.4 is 5.32 Å². The lowest BCUT2D eigenvalue weighted by atomic mass is 10.2. The Bertz CT molecular complexity index is 1100. The molecule has 0 saturated carbocycles. The molecule has 26 heavy (non-hydrogen) atoms. The molecule has 3 heterocycles. The van der Waals surface area contributed by atoms with Crippen LogP contribution in [-0.4, -0.2) is 40.6 Å². The van der Waals surface area contributed by atoms with E-state index in [0.717, 1.165) is 11.1 Å². The van der Waals surface area contributed by atoms with Crippen LogP contribution in [0.25, 0.3) is 10.9 Å². The number of hydrogen-bond donors (Lipinski definition) is 1. The summed E-state index contributed by atoms with van der Waals surface area (Å²) in [5.41, 5.74) is 2.36. The van der Waals surface area contributed by atoms with Crippen LogP contribution in [0.4, 0.5) is 5.69 Å². The van der Waals surface area contributed by atoms with Crippen LogP contribution in [0.5, 0.6) is 0 Å². The molecule has 134 valence electrons. The van der Waals surface area contributed by atoms with Crippen LogP contribution in [0, 0.1) is 6.92 Å². The lowest BCUT2D eigenvalue weighted by Gasteiger charge is -2.10. The highest BCUT2D eigenvalue weighted by molar-refractivity contribution is 7.91. The number of hydrogen-bond acceptors (Lipinski definition) is 5. The molecule has 1 aliphatic heterocycles. The molecular formula is C18H18N4O3S. The molecule has 1 aliphatic rings. The van der Waals surface area contributed by atoms with Gasteiger partial charge in [0, 0.05) is 17.3 Å². The van der Waals surface area contributed by atoms with E-state index in [9.17, 15) is 13.2 Å². The highest BCUT2D eigenvalue weighted by Gasteiger charge is 2.31. The molecule has 1 atom stereocenters. The number of pyridine rings is 1. The average Bonchev–Trinajstić information content (AvgIpc) is 3.17. The maximum atomic E-state index is 12.6. The summed E-state index contributed by atoms with van der Waals surface area (Å²) in [7, 11) is -3.01. The highest BCUT2D eigenvalue weighted by Crippen LogP contribution is 2.25. The van der Waals surface area contributed by atoms with Crippen molar-refractivity contribution in [3.8, 4) is 0 Å². The summed E-state index contributed by atoms with van der Waals surface area (Å²) < 4.78 is 25.1. The zero-order chi connectivity index (χ0) is 18.3. The second-order valence-electron chi connectivity index (χ2n) is 6.51. The van der Waals surface area contributed by atoms with Crippen molar-refractivity contribution in [3.05, 3.63) is 54.0 Å². The number of fused-ring (bicyclic) bond motifs is 1. The van der Waals surface area contributed by atoms with Crippen molar-refractivity contribution in [2.45, 2.75) is 19.4 Å². The Balaban J connectivity index is 1.60. The van der Waals surface area contributed by atoms with Gasteiger partial charge in [0.05, 0.1) is 28.8 Å². The zero-order valence-electron chi connectivity index (χ0n) is 14.2. The first-order chi connectivity index (χ1) is 12.4. The number of anilines is 1. The summed E-state index contributed by atoms with van der Waals surface area (Å²) in [5.74, 6) is -0.102. The lowest BCUT2D eigenvalue weighted by Crippen LogP contribution is -2.16. The molecule has 1 aromatic carbocycles. The molecule has 4 rings (SSSR count). The zero-order valence-corrected chi connectivity index (χ0v) is 15.0. The van der Waals surface area contributed by atoms with E-state index >= 15 is 0 Å². The molecule has 7 nitrogen and oxygen atoms in total. The second kappa shape index (κ2) is 6.21. The Morgan fingerprint density at radius 2 is 2.08 bits per heavy atom. The van der Waals surface area contributed by atoms with E-state index in [1.165, 1.54) is 0 Å². The second-order valence-corrected chi connectivity index (χ2v) is 8.74. The molecule has 0 spiro atoms. The van der Waals surface area contributed by atoms with E-state index in [1.807, 2.05) is 31.2 Å². The average molecular weight is 370 g/mol. The van der Waals surface area contributed by atoms with Crippen molar-refractivity contribution in [2.24, 2.45) is 0 Å². The number of aryl methyl sites for hydroxylation is 1. The molecule has 1 amide bonds. The number of nitrogens with zero attached hydrogens (tertiary/aromatic N) is 3. The van der Waals surface area contributed by atoms with E-state index in [-0.39, 0.29) is 29.1 Å². The number of rotatable bonds is 3. The predicted molar refractivity (Wildman–Crippen MR) is 99.0 cm³/mol. The molecule has 0 aliphatic carbocycles. The van der Waals surface area contributed by atoms with E-state index in [1.54, 1.807) is 23.0 Å². The van der Waals surface area contributed by atoms with Crippen molar-refractivity contribution in [3.63, 3.8) is 0 Å². The normalized spacial score (nSPS) is 18.9. The van der Waals surface area contributed by atoms with Crippen molar-refractivity contribution in [1.82, 2.24) is 14.8 Å². The van der Waals surface area contributed by atoms with Gasteiger partial charge in [-0.3, -0.25) is 14.5 Å². The van der Waals surface area contributed by atoms with E-state index in [4.69, 9.17) is 0 Å². The first-order valence-electron chi connectivity index (χ1n) is 8.35. The van der Waals surface area contributed by atoms with Crippen LogP contribution in [0.2, 0.25) is 0 Å². The fourth-order valence-corrected chi connectivity index (χ4v) is 5.02. The smallest absolute Gasteiger partial charge is 0.276 e. The number of carbonyl (C=O) groups excluding carboxylic acids is 1. The van der Waals surface area contributed by atoms with Gasteiger partial charge in [0.2, 0.25) is 0 Å². The van der Waals surface area contributed by atoms with Gasteiger partial charge < -0.3 is 5.32 Å². The minimum absolute atomic E-state index is 0.0732. The van der Waals surface area contributed by atoms with Crippen LogP contribution in [0.3, 0.4) is 0 Å². The highest BCUT2D eigenvalue weighted by atomic mass is 32.2. The Morgan fingerprint density at radius 3 is 2.85 bits per heavy atom. The van der Waals surface area contributed by atoms with E-state index < -0.39 is 9.84 Å². The Hall–Kier alpha value is -2.74. The number of benzene rings is 1. The summed E-state index contributed by atoms with van der Waals surface area (Å²) in [4.78, 5) is 17.0. The van der Waals surface area contributed by atoms with Gasteiger partial charge in [0.25, 0.3) is 5.91 Å². The number of aromatic nitrogens is 3. The monoisotopic (exact) mass is 370 g/mol. The minimum Gasteiger partial charge on any atom is -0.319 e. The Labute approximate surface area is 151 Å². The Kier molecular flexibility index (Phi) is 3.99. The molecule has 3 aromatic rings. The maximum absolute atomic E-state index is 12.6. The number of carbonyl (C=O) groups is 1. The summed E-state index contributed by atoms with van der Waals surface area (Å²) in [6.45, 7) is 1.83. The van der Waals surface area contributed by atoms with E-state index in [0.29, 0.717) is 17.6 Å². The molecule has 1 fully saturated rings. The summed E-state index contributed by atoms with van der Waals surface area (Å²) in [6, 6.07) is 10.8. The Morgan fingerprint density at radius 1 is 1.27 bits per heavy atom. The number of nitrogens with one attached hydrogen (secondary N) is 1. The first kappa shape index (κ1) is 16.7. The van der Waals surface area contributed by atoms with Crippen molar-refractivity contribution in [2.75, 3.05) is 16.8 Å². The molecular weight excluding hydrogens is 352 g/mol. The number of sulfone groups is 1. The summed E-state index contributed by atoms with van der Waals surface area (Å²) in [5, 5.41) is 8.14. The SMILES string of the molecule is Cc1cc(C(=O)Nc2cccc3cccnc23)nn1C1CCS(=O)(=O)C1. The molecule has 1 saturated heterocycles. The third kappa shape index (κ3) is 3.08. The van der Waals surface area contributed by atoms with Crippen LogP contribution >= 0.6 is 0 Å². The van der Waals surface area contributed by atoms with Gasteiger partial charge in [-0.25, -0.2) is 8.42 Å². The van der Waals surface area contributed by atoms with Gasteiger partial charge in [-0.15, -0.1) is 0 Å². The summed E-state index contributed by atoms with van der Waals surface area (Å²) >= 11 is 0. The van der Waals surface area contributed by atoms with Gasteiger partial charge >= 0.3 is 0 Å². The van der Waals surface area contributed by atoms with Gasteiger partial charge in [0.1, 0.15) is 0 Å². The van der Waals surface area contributed by atoms with Gasteiger partial charge in [-0.1, -0.05) is 18.2 Å². The standard InChI is InChI=1S/C18H18N4O3S/c1-12-10-16(21-22(12)14-7-9-26(24,25)11-14)18(23)20-15-6-2-4-13-5-3-8-19-17(13)15/h2-6,8,10,14H,7,9,11H2,1H3,(H,20,23). The van der Waals surface area contributed by atoms with Gasteiger partial charge in [-0.05, 0) is 31.5 Å². The largest absolute Gasteiger partial charge is 0.319 e. The summed E-state index contributed by atoms with van der Waals surface area (Å²) in [6.07, 6.45) is 2.20.